The first kappa shape index (κ1) is 16.4. The maximum Gasteiger partial charge on any atom is 0.239 e. The number of amides is 1. The molecular weight excluding hydrogens is 308 g/mol. The zero-order valence-electron chi connectivity index (χ0n) is 13.7. The number of nitriles is 1. The molecule has 0 atom stereocenters. The average Bonchev–Trinajstić information content (AvgIpc) is 2.69. The SMILES string of the molecule is CN1CCN(CC(=O)Nc2sc3c(c2C#N)CCCCC3)CC1. The van der Waals surface area contributed by atoms with Crippen LogP contribution in [0.1, 0.15) is 35.3 Å². The molecule has 1 amide bonds. The average molecular weight is 332 g/mol. The number of nitrogens with zero attached hydrogens (tertiary/aromatic N) is 3. The number of rotatable bonds is 3. The minimum Gasteiger partial charge on any atom is -0.315 e. The Labute approximate surface area is 141 Å². The highest BCUT2D eigenvalue weighted by Crippen LogP contribution is 2.36. The monoisotopic (exact) mass is 332 g/mol. The quantitative estimate of drug-likeness (QED) is 0.861. The number of hydrogen-bond acceptors (Lipinski definition) is 5. The van der Waals surface area contributed by atoms with Gasteiger partial charge in [0.25, 0.3) is 0 Å². The van der Waals surface area contributed by atoms with Crippen LogP contribution < -0.4 is 5.32 Å². The van der Waals surface area contributed by atoms with Gasteiger partial charge in [-0.25, -0.2) is 0 Å². The second kappa shape index (κ2) is 7.43. The predicted molar refractivity (Wildman–Crippen MR) is 92.9 cm³/mol. The first-order chi connectivity index (χ1) is 11.2. The van der Waals surface area contributed by atoms with E-state index in [9.17, 15) is 10.1 Å². The van der Waals surface area contributed by atoms with Gasteiger partial charge in [-0.3, -0.25) is 9.69 Å². The van der Waals surface area contributed by atoms with E-state index < -0.39 is 0 Å². The summed E-state index contributed by atoms with van der Waals surface area (Å²) < 4.78 is 0. The van der Waals surface area contributed by atoms with E-state index in [0.717, 1.165) is 50.4 Å². The number of hydrogen-bond donors (Lipinski definition) is 1. The lowest BCUT2D eigenvalue weighted by Crippen LogP contribution is -2.47. The van der Waals surface area contributed by atoms with Crippen LogP contribution in [0.4, 0.5) is 5.00 Å². The Balaban J connectivity index is 1.65. The van der Waals surface area contributed by atoms with Crippen LogP contribution in [0.2, 0.25) is 0 Å². The molecule has 0 saturated carbocycles. The van der Waals surface area contributed by atoms with Gasteiger partial charge >= 0.3 is 0 Å². The summed E-state index contributed by atoms with van der Waals surface area (Å²) in [7, 11) is 2.11. The molecule has 3 rings (SSSR count). The number of aryl methyl sites for hydroxylation is 1. The van der Waals surface area contributed by atoms with Gasteiger partial charge in [-0.05, 0) is 38.3 Å². The van der Waals surface area contributed by atoms with Crippen molar-refractivity contribution in [1.82, 2.24) is 9.80 Å². The Morgan fingerprint density at radius 1 is 1.22 bits per heavy atom. The van der Waals surface area contributed by atoms with Gasteiger partial charge in [0.05, 0.1) is 12.1 Å². The fraction of sp³-hybridized carbons (Fsp3) is 0.647. The molecule has 23 heavy (non-hydrogen) atoms. The van der Waals surface area contributed by atoms with Gasteiger partial charge in [0, 0.05) is 31.1 Å². The number of nitrogens with one attached hydrogen (secondary N) is 1. The lowest BCUT2D eigenvalue weighted by Gasteiger charge is -2.31. The Hall–Kier alpha value is -1.42. The highest BCUT2D eigenvalue weighted by molar-refractivity contribution is 7.16. The van der Waals surface area contributed by atoms with E-state index in [2.05, 4.69) is 28.2 Å². The summed E-state index contributed by atoms with van der Waals surface area (Å²) in [6.07, 6.45) is 5.59. The number of piperazine rings is 1. The normalized spacial score (nSPS) is 19.7. The largest absolute Gasteiger partial charge is 0.315 e. The molecule has 6 heteroatoms. The van der Waals surface area contributed by atoms with Crippen LogP contribution in [0.3, 0.4) is 0 Å². The van der Waals surface area contributed by atoms with Crippen LogP contribution in [0.15, 0.2) is 0 Å². The Kier molecular flexibility index (Phi) is 5.31. The molecule has 0 radical (unpaired) electrons. The van der Waals surface area contributed by atoms with E-state index in [1.54, 1.807) is 11.3 Å². The third-order valence-electron chi connectivity index (χ3n) is 4.75. The predicted octanol–water partition coefficient (Wildman–Crippen LogP) is 2.07. The fourth-order valence-electron chi connectivity index (χ4n) is 3.32. The van der Waals surface area contributed by atoms with Crippen molar-refractivity contribution in [2.45, 2.75) is 32.1 Å². The molecule has 0 bridgehead atoms. The van der Waals surface area contributed by atoms with Crippen molar-refractivity contribution in [3.8, 4) is 6.07 Å². The van der Waals surface area contributed by atoms with E-state index in [0.29, 0.717) is 12.1 Å². The summed E-state index contributed by atoms with van der Waals surface area (Å²) in [6, 6.07) is 2.32. The molecule has 1 aliphatic carbocycles. The topological polar surface area (TPSA) is 59.4 Å². The maximum absolute atomic E-state index is 12.3. The minimum atomic E-state index is 0.00228. The summed E-state index contributed by atoms with van der Waals surface area (Å²) >= 11 is 1.61. The van der Waals surface area contributed by atoms with Crippen molar-refractivity contribution < 1.29 is 4.79 Å². The van der Waals surface area contributed by atoms with Gasteiger partial charge in [-0.15, -0.1) is 11.3 Å². The van der Waals surface area contributed by atoms with Crippen molar-refractivity contribution in [1.29, 1.82) is 5.26 Å². The maximum atomic E-state index is 12.3. The van der Waals surface area contributed by atoms with Crippen molar-refractivity contribution in [2.75, 3.05) is 45.1 Å². The number of likely N-dealkylation sites (N-methyl/N-ethyl adjacent to an activating group) is 1. The summed E-state index contributed by atoms with van der Waals surface area (Å²) in [5.41, 5.74) is 1.89. The van der Waals surface area contributed by atoms with Gasteiger partial charge in [0.1, 0.15) is 11.1 Å². The number of carbonyl (C=O) groups is 1. The minimum absolute atomic E-state index is 0.00228. The first-order valence-corrected chi connectivity index (χ1v) is 9.24. The lowest BCUT2D eigenvalue weighted by molar-refractivity contribution is -0.117. The summed E-state index contributed by atoms with van der Waals surface area (Å²) in [4.78, 5) is 18.1. The van der Waals surface area contributed by atoms with Crippen LogP contribution in [0.25, 0.3) is 0 Å². The molecule has 5 nitrogen and oxygen atoms in total. The Morgan fingerprint density at radius 2 is 1.96 bits per heavy atom. The highest BCUT2D eigenvalue weighted by Gasteiger charge is 2.22. The third kappa shape index (κ3) is 3.92. The molecule has 2 heterocycles. The molecule has 1 aromatic heterocycles. The van der Waals surface area contributed by atoms with Crippen molar-refractivity contribution >= 4 is 22.2 Å². The van der Waals surface area contributed by atoms with Crippen molar-refractivity contribution in [3.63, 3.8) is 0 Å². The molecule has 1 N–H and O–H groups in total. The molecule has 1 aromatic rings. The molecule has 1 fully saturated rings. The van der Waals surface area contributed by atoms with Gasteiger partial charge in [-0.1, -0.05) is 6.42 Å². The van der Waals surface area contributed by atoms with Gasteiger partial charge in [0.15, 0.2) is 0 Å². The highest BCUT2D eigenvalue weighted by atomic mass is 32.1. The smallest absolute Gasteiger partial charge is 0.239 e. The molecule has 124 valence electrons. The zero-order valence-corrected chi connectivity index (χ0v) is 14.5. The zero-order chi connectivity index (χ0) is 16.2. The second-order valence-electron chi connectivity index (χ2n) is 6.51. The van der Waals surface area contributed by atoms with E-state index >= 15 is 0 Å². The Bertz CT molecular complexity index is 611. The van der Waals surface area contributed by atoms with Crippen molar-refractivity contribution in [3.05, 3.63) is 16.0 Å². The number of anilines is 1. The van der Waals surface area contributed by atoms with Crippen LogP contribution in [0, 0.1) is 11.3 Å². The number of thiophene rings is 1. The van der Waals surface area contributed by atoms with E-state index in [1.165, 1.54) is 23.3 Å². The van der Waals surface area contributed by atoms with E-state index in [4.69, 9.17) is 0 Å². The third-order valence-corrected chi connectivity index (χ3v) is 5.96. The Morgan fingerprint density at radius 3 is 2.70 bits per heavy atom. The van der Waals surface area contributed by atoms with Gasteiger partial charge in [-0.2, -0.15) is 5.26 Å². The van der Waals surface area contributed by atoms with Crippen LogP contribution in [-0.2, 0) is 17.6 Å². The second-order valence-corrected chi connectivity index (χ2v) is 7.61. The van der Waals surface area contributed by atoms with Gasteiger partial charge in [0.2, 0.25) is 5.91 Å². The lowest BCUT2D eigenvalue weighted by atomic mass is 10.1. The van der Waals surface area contributed by atoms with Crippen molar-refractivity contribution in [2.24, 2.45) is 0 Å². The molecule has 0 unspecified atom stereocenters. The number of fused-ring (bicyclic) bond motifs is 1. The molecule has 0 aromatic carbocycles. The standard InChI is InChI=1S/C17H24N4OS/c1-20-7-9-21(10-8-20)12-16(22)19-17-14(11-18)13-5-3-2-4-6-15(13)23-17/h2-10,12H2,1H3,(H,19,22). The van der Waals surface area contributed by atoms with Crippen LogP contribution in [-0.4, -0.2) is 55.5 Å². The van der Waals surface area contributed by atoms with Crippen LogP contribution in [0.5, 0.6) is 0 Å². The van der Waals surface area contributed by atoms with E-state index in [-0.39, 0.29) is 5.91 Å². The fourth-order valence-corrected chi connectivity index (χ4v) is 4.58. The van der Waals surface area contributed by atoms with E-state index in [1.807, 2.05) is 0 Å². The molecule has 2 aliphatic rings. The molecule has 0 spiro atoms. The summed E-state index contributed by atoms with van der Waals surface area (Å²) in [5, 5.41) is 13.3. The van der Waals surface area contributed by atoms with Gasteiger partial charge < -0.3 is 10.2 Å². The molecule has 1 saturated heterocycles. The summed E-state index contributed by atoms with van der Waals surface area (Å²) in [5.74, 6) is 0.00228. The summed E-state index contributed by atoms with van der Waals surface area (Å²) in [6.45, 7) is 4.28. The molecular formula is C17H24N4OS. The first-order valence-electron chi connectivity index (χ1n) is 8.42. The molecule has 1 aliphatic heterocycles. The number of carbonyl (C=O) groups excluding carboxylic acids is 1. The van der Waals surface area contributed by atoms with Crippen LogP contribution >= 0.6 is 11.3 Å².